The van der Waals surface area contributed by atoms with E-state index in [1.807, 2.05) is 0 Å². The normalized spacial score (nSPS) is 20.6. The lowest BCUT2D eigenvalue weighted by Crippen LogP contribution is -2.45. The van der Waals surface area contributed by atoms with Gasteiger partial charge in [0.1, 0.15) is 43.8 Å². The molecule has 2 aromatic rings. The second kappa shape index (κ2) is 8.96. The highest BCUT2D eigenvalue weighted by Crippen LogP contribution is 2.43. The zero-order chi connectivity index (χ0) is 22.6. The summed E-state index contributed by atoms with van der Waals surface area (Å²) in [5, 5.41) is 0. The maximum absolute atomic E-state index is 14.8. The van der Waals surface area contributed by atoms with Crippen molar-refractivity contribution in [3.05, 3.63) is 53.2 Å². The van der Waals surface area contributed by atoms with E-state index >= 15 is 0 Å². The largest absolute Gasteiger partial charge is 0.474 e. The van der Waals surface area contributed by atoms with Gasteiger partial charge in [0.25, 0.3) is 5.92 Å². The number of nitrogens with two attached hydrogens (primary N) is 1. The number of hydrogen-bond acceptors (Lipinski definition) is 7. The van der Waals surface area contributed by atoms with Crippen molar-refractivity contribution in [3.8, 4) is 5.88 Å². The fourth-order valence-electron chi connectivity index (χ4n) is 3.09. The molecule has 0 amide bonds. The molecule has 1 aliphatic rings. The van der Waals surface area contributed by atoms with Crippen LogP contribution in [0.25, 0.3) is 0 Å². The molecule has 2 N–H and O–H groups in total. The molecule has 0 aliphatic carbocycles. The van der Waals surface area contributed by atoms with E-state index in [0.717, 1.165) is 25.3 Å². The molecule has 0 radical (unpaired) electrons. The predicted octanol–water partition coefficient (Wildman–Crippen LogP) is 2.63. The first-order valence-corrected chi connectivity index (χ1v) is 9.29. The van der Waals surface area contributed by atoms with E-state index in [-0.39, 0.29) is 42.6 Å². The van der Waals surface area contributed by atoms with Crippen molar-refractivity contribution in [2.75, 3.05) is 26.5 Å². The lowest BCUT2D eigenvalue weighted by Gasteiger charge is -2.33. The lowest BCUT2D eigenvalue weighted by atomic mass is 9.84. The van der Waals surface area contributed by atoms with E-state index in [1.54, 1.807) is 0 Å². The van der Waals surface area contributed by atoms with Gasteiger partial charge >= 0.3 is 0 Å². The fraction of sp³-hybridized carbons (Fsp3) is 0.400. The van der Waals surface area contributed by atoms with Gasteiger partial charge in [0, 0.05) is 12.0 Å². The molecule has 0 bridgehead atoms. The Kier molecular flexibility index (Phi) is 6.54. The standard InChI is InChI=1S/C20H20F4N4O3/c1-19(20(23,24)11-30-10-17(25)28-19)13-6-12(2-3-14(13)22)7-16(29)15-8-27-18(9-26-15)31-5-4-21/h2-3,6,8-9H,4-5,7,10-11H2,1H3,(H2,25,28)/t19-/m1/s1. The number of alkyl halides is 3. The Bertz CT molecular complexity index is 985. The van der Waals surface area contributed by atoms with Gasteiger partial charge in [0.05, 0.1) is 12.4 Å². The Hall–Kier alpha value is -3.08. The van der Waals surface area contributed by atoms with Crippen LogP contribution in [-0.2, 0) is 16.7 Å². The monoisotopic (exact) mass is 440 g/mol. The lowest BCUT2D eigenvalue weighted by molar-refractivity contribution is -0.116. The van der Waals surface area contributed by atoms with Crippen LogP contribution in [0.3, 0.4) is 0 Å². The molecule has 11 heteroatoms. The van der Waals surface area contributed by atoms with Crippen molar-refractivity contribution < 1.29 is 31.8 Å². The summed E-state index contributed by atoms with van der Waals surface area (Å²) in [7, 11) is 0. The molecular formula is C20H20F4N4O3. The van der Waals surface area contributed by atoms with Crippen LogP contribution in [-0.4, -0.2) is 54.0 Å². The molecular weight excluding hydrogens is 420 g/mol. The molecule has 0 spiro atoms. The van der Waals surface area contributed by atoms with Gasteiger partial charge in [0.2, 0.25) is 5.88 Å². The Morgan fingerprint density at radius 3 is 2.74 bits per heavy atom. The molecule has 0 saturated heterocycles. The molecule has 7 nitrogen and oxygen atoms in total. The summed E-state index contributed by atoms with van der Waals surface area (Å²) in [5.41, 5.74) is 3.17. The van der Waals surface area contributed by atoms with Crippen molar-refractivity contribution in [1.29, 1.82) is 0 Å². The minimum Gasteiger partial charge on any atom is -0.474 e. The van der Waals surface area contributed by atoms with E-state index in [9.17, 15) is 22.4 Å². The summed E-state index contributed by atoms with van der Waals surface area (Å²) < 4.78 is 66.0. The van der Waals surface area contributed by atoms with Crippen molar-refractivity contribution in [2.24, 2.45) is 10.7 Å². The van der Waals surface area contributed by atoms with Gasteiger partial charge in [0.15, 0.2) is 11.3 Å². The van der Waals surface area contributed by atoms with E-state index in [2.05, 4.69) is 15.0 Å². The van der Waals surface area contributed by atoms with Crippen molar-refractivity contribution in [1.82, 2.24) is 9.97 Å². The van der Waals surface area contributed by atoms with Gasteiger partial charge in [-0.15, -0.1) is 0 Å². The fourth-order valence-corrected chi connectivity index (χ4v) is 3.09. The minimum absolute atomic E-state index is 0.0138. The summed E-state index contributed by atoms with van der Waals surface area (Å²) in [6.07, 6.45) is 2.08. The average Bonchev–Trinajstić information content (AvgIpc) is 2.83. The number of aromatic nitrogens is 2. The minimum atomic E-state index is -3.54. The van der Waals surface area contributed by atoms with Gasteiger partial charge in [-0.25, -0.2) is 27.5 Å². The second-order valence-electron chi connectivity index (χ2n) is 7.06. The smallest absolute Gasteiger partial charge is 0.299 e. The molecule has 1 atom stereocenters. The van der Waals surface area contributed by atoms with Crippen LogP contribution < -0.4 is 10.5 Å². The Morgan fingerprint density at radius 2 is 2.06 bits per heavy atom. The van der Waals surface area contributed by atoms with Gasteiger partial charge in [-0.1, -0.05) is 6.07 Å². The quantitative estimate of drug-likeness (QED) is 0.525. The molecule has 166 valence electrons. The Balaban J connectivity index is 1.87. The van der Waals surface area contributed by atoms with Crippen LogP contribution in [0.1, 0.15) is 28.5 Å². The molecule has 0 saturated carbocycles. The molecule has 2 heterocycles. The van der Waals surface area contributed by atoms with Gasteiger partial charge in [-0.3, -0.25) is 9.79 Å². The number of carbonyl (C=O) groups is 1. The average molecular weight is 440 g/mol. The third-order valence-corrected chi connectivity index (χ3v) is 4.77. The Labute approximate surface area is 175 Å². The van der Waals surface area contributed by atoms with E-state index < -0.39 is 41.9 Å². The van der Waals surface area contributed by atoms with E-state index in [4.69, 9.17) is 15.2 Å². The zero-order valence-electron chi connectivity index (χ0n) is 16.6. The first-order valence-electron chi connectivity index (χ1n) is 9.29. The summed E-state index contributed by atoms with van der Waals surface area (Å²) in [5.74, 6) is -5.07. The molecule has 31 heavy (non-hydrogen) atoms. The van der Waals surface area contributed by atoms with Gasteiger partial charge in [-0.2, -0.15) is 0 Å². The second-order valence-corrected chi connectivity index (χ2v) is 7.06. The number of carbonyl (C=O) groups excluding carboxylic acids is 1. The van der Waals surface area contributed by atoms with Crippen LogP contribution in [0.5, 0.6) is 5.88 Å². The number of hydrogen-bond donors (Lipinski definition) is 1. The third kappa shape index (κ3) is 4.82. The number of ketones is 1. The number of rotatable bonds is 7. The number of Topliss-reactive ketones (excluding diaryl/α,β-unsaturated/α-hetero) is 1. The Morgan fingerprint density at radius 1 is 1.29 bits per heavy atom. The molecule has 0 unspecified atom stereocenters. The number of aliphatic imine (C=N–C) groups is 1. The third-order valence-electron chi connectivity index (χ3n) is 4.77. The number of amidine groups is 1. The molecule has 1 aromatic heterocycles. The van der Waals surface area contributed by atoms with Crippen LogP contribution in [0.2, 0.25) is 0 Å². The van der Waals surface area contributed by atoms with Crippen LogP contribution in [0.4, 0.5) is 17.6 Å². The highest BCUT2D eigenvalue weighted by Gasteiger charge is 2.54. The molecule has 1 aromatic carbocycles. The maximum Gasteiger partial charge on any atom is 0.299 e. The maximum atomic E-state index is 14.8. The van der Waals surface area contributed by atoms with E-state index in [1.165, 1.54) is 12.3 Å². The molecule has 3 rings (SSSR count). The predicted molar refractivity (Wildman–Crippen MR) is 103 cm³/mol. The number of ether oxygens (including phenoxy) is 2. The van der Waals surface area contributed by atoms with Gasteiger partial charge in [-0.05, 0) is 24.6 Å². The van der Waals surface area contributed by atoms with Crippen molar-refractivity contribution in [3.63, 3.8) is 0 Å². The molecule has 0 fully saturated rings. The van der Waals surface area contributed by atoms with Crippen LogP contribution in [0.15, 0.2) is 35.6 Å². The zero-order valence-corrected chi connectivity index (χ0v) is 16.6. The highest BCUT2D eigenvalue weighted by molar-refractivity contribution is 5.95. The number of halogens is 4. The summed E-state index contributed by atoms with van der Waals surface area (Å²) in [6.45, 7) is -1.10. The summed E-state index contributed by atoms with van der Waals surface area (Å²) in [6, 6.07) is 3.47. The van der Waals surface area contributed by atoms with Crippen molar-refractivity contribution in [2.45, 2.75) is 24.8 Å². The topological polar surface area (TPSA) is 99.7 Å². The van der Waals surface area contributed by atoms with Gasteiger partial charge < -0.3 is 15.2 Å². The SMILES string of the molecule is C[C@]1(c2cc(CC(=O)c3cnc(OCCF)cn3)ccc2F)N=C(N)COCC1(F)F. The number of nitrogens with zero attached hydrogens (tertiary/aromatic N) is 3. The first kappa shape index (κ1) is 22.6. The first-order chi connectivity index (χ1) is 14.7. The number of benzene rings is 1. The van der Waals surface area contributed by atoms with Crippen LogP contribution in [0, 0.1) is 5.82 Å². The molecule has 1 aliphatic heterocycles. The highest BCUT2D eigenvalue weighted by atomic mass is 19.3. The van der Waals surface area contributed by atoms with Crippen LogP contribution >= 0.6 is 0 Å². The summed E-state index contributed by atoms with van der Waals surface area (Å²) >= 11 is 0. The van der Waals surface area contributed by atoms with E-state index in [0.29, 0.717) is 0 Å². The summed E-state index contributed by atoms with van der Waals surface area (Å²) in [4.78, 5) is 24.1. The van der Waals surface area contributed by atoms with Crippen molar-refractivity contribution >= 4 is 11.6 Å².